The summed E-state index contributed by atoms with van der Waals surface area (Å²) in [5.74, 6) is 0.0133. The van der Waals surface area contributed by atoms with E-state index in [1.54, 1.807) is 30.3 Å². The topological polar surface area (TPSA) is 149 Å². The van der Waals surface area contributed by atoms with E-state index in [1.807, 2.05) is 12.1 Å². The van der Waals surface area contributed by atoms with E-state index in [2.05, 4.69) is 46.0 Å². The van der Waals surface area contributed by atoms with Gasteiger partial charge in [-0.3, -0.25) is 5.32 Å². The number of carbonyl (C=O) groups is 1. The number of carbonyl (C=O) groups excluding carboxylic acids is 1. The van der Waals surface area contributed by atoms with Crippen LogP contribution in [0.4, 0.5) is 10.6 Å². The fraction of sp³-hybridized carbons (Fsp3) is 0.222. The SMILES string of the molecule is CC(C)(C)c1ccc(OC(=O)Nc2nc(-c3ncccn3)nc(OCCO)c2Oc2ccccc2O)cc1. The van der Waals surface area contributed by atoms with E-state index in [4.69, 9.17) is 14.2 Å². The van der Waals surface area contributed by atoms with Gasteiger partial charge < -0.3 is 24.4 Å². The molecular formula is C27H27N5O6. The van der Waals surface area contributed by atoms with Crippen molar-refractivity contribution >= 4 is 11.9 Å². The highest BCUT2D eigenvalue weighted by Crippen LogP contribution is 2.40. The number of phenols is 1. The summed E-state index contributed by atoms with van der Waals surface area (Å²) in [4.78, 5) is 29.9. The van der Waals surface area contributed by atoms with Crippen LogP contribution in [0.15, 0.2) is 67.0 Å². The highest BCUT2D eigenvalue weighted by atomic mass is 16.6. The van der Waals surface area contributed by atoms with E-state index >= 15 is 0 Å². The van der Waals surface area contributed by atoms with Gasteiger partial charge in [-0.1, -0.05) is 45.0 Å². The number of nitrogens with zero attached hydrogens (tertiary/aromatic N) is 4. The number of amides is 1. The molecule has 3 N–H and O–H groups in total. The molecule has 0 atom stereocenters. The molecule has 38 heavy (non-hydrogen) atoms. The van der Waals surface area contributed by atoms with Crippen LogP contribution >= 0.6 is 0 Å². The first-order valence-corrected chi connectivity index (χ1v) is 11.7. The summed E-state index contributed by atoms with van der Waals surface area (Å²) in [7, 11) is 0. The maximum atomic E-state index is 12.9. The summed E-state index contributed by atoms with van der Waals surface area (Å²) in [6.45, 7) is 5.81. The van der Waals surface area contributed by atoms with Crippen molar-refractivity contribution in [1.82, 2.24) is 19.9 Å². The van der Waals surface area contributed by atoms with Gasteiger partial charge in [-0.25, -0.2) is 19.7 Å². The Hall–Kier alpha value is -4.77. The molecule has 0 saturated heterocycles. The lowest BCUT2D eigenvalue weighted by Gasteiger charge is -2.19. The van der Waals surface area contributed by atoms with Crippen molar-refractivity contribution in [2.24, 2.45) is 0 Å². The quantitative estimate of drug-likeness (QED) is 0.300. The number of aromatic nitrogens is 4. The number of aliphatic hydroxyl groups excluding tert-OH is 1. The van der Waals surface area contributed by atoms with Crippen LogP contribution in [0.5, 0.6) is 28.9 Å². The zero-order chi connectivity index (χ0) is 27.1. The van der Waals surface area contributed by atoms with E-state index in [-0.39, 0.29) is 59.2 Å². The molecule has 0 saturated carbocycles. The van der Waals surface area contributed by atoms with Crippen molar-refractivity contribution in [3.8, 4) is 40.5 Å². The Balaban J connectivity index is 1.71. The maximum absolute atomic E-state index is 12.9. The third-order valence-electron chi connectivity index (χ3n) is 5.16. The van der Waals surface area contributed by atoms with E-state index < -0.39 is 6.09 Å². The van der Waals surface area contributed by atoms with Crippen LogP contribution in [0, 0.1) is 0 Å². The molecule has 2 heterocycles. The van der Waals surface area contributed by atoms with E-state index in [0.717, 1.165) is 5.56 Å². The zero-order valence-electron chi connectivity index (χ0n) is 21.1. The third-order valence-corrected chi connectivity index (χ3v) is 5.16. The molecule has 2 aromatic heterocycles. The minimum absolute atomic E-state index is 0.0213. The molecule has 11 heteroatoms. The second kappa shape index (κ2) is 11.5. The smallest absolute Gasteiger partial charge is 0.418 e. The van der Waals surface area contributed by atoms with Gasteiger partial charge in [0.2, 0.25) is 11.6 Å². The second-order valence-electron chi connectivity index (χ2n) is 9.03. The van der Waals surface area contributed by atoms with Crippen LogP contribution in [0.3, 0.4) is 0 Å². The zero-order valence-corrected chi connectivity index (χ0v) is 21.1. The van der Waals surface area contributed by atoms with Crippen LogP contribution in [-0.2, 0) is 5.41 Å². The number of para-hydroxylation sites is 2. The average molecular weight is 518 g/mol. The van der Waals surface area contributed by atoms with E-state index in [0.29, 0.717) is 5.75 Å². The van der Waals surface area contributed by atoms with Crippen molar-refractivity contribution in [2.75, 3.05) is 18.5 Å². The van der Waals surface area contributed by atoms with Crippen molar-refractivity contribution in [1.29, 1.82) is 0 Å². The summed E-state index contributed by atoms with van der Waals surface area (Å²) >= 11 is 0. The van der Waals surface area contributed by atoms with Gasteiger partial charge in [0.1, 0.15) is 12.4 Å². The summed E-state index contributed by atoms with van der Waals surface area (Å²) in [5.41, 5.74) is 1.02. The fourth-order valence-electron chi connectivity index (χ4n) is 3.27. The molecule has 11 nitrogen and oxygen atoms in total. The molecule has 0 aliphatic heterocycles. The van der Waals surface area contributed by atoms with Crippen LogP contribution in [0.2, 0.25) is 0 Å². The number of hydrogen-bond acceptors (Lipinski definition) is 10. The van der Waals surface area contributed by atoms with Crippen molar-refractivity contribution < 1.29 is 29.2 Å². The first kappa shape index (κ1) is 26.3. The van der Waals surface area contributed by atoms with E-state index in [9.17, 15) is 15.0 Å². The Morgan fingerprint density at radius 3 is 2.32 bits per heavy atom. The lowest BCUT2D eigenvalue weighted by Crippen LogP contribution is -2.19. The second-order valence-corrected chi connectivity index (χ2v) is 9.03. The van der Waals surface area contributed by atoms with Crippen LogP contribution < -0.4 is 19.5 Å². The Bertz CT molecular complexity index is 1390. The van der Waals surface area contributed by atoms with Gasteiger partial charge in [-0.05, 0) is 41.3 Å². The Kier molecular flexibility index (Phi) is 7.97. The third kappa shape index (κ3) is 6.51. The number of ether oxygens (including phenoxy) is 3. The minimum Gasteiger partial charge on any atom is -0.504 e. The van der Waals surface area contributed by atoms with Crippen molar-refractivity contribution in [3.63, 3.8) is 0 Å². The molecule has 4 aromatic rings. The number of hydrogen-bond donors (Lipinski definition) is 3. The highest BCUT2D eigenvalue weighted by Gasteiger charge is 2.24. The number of benzene rings is 2. The molecule has 0 aliphatic rings. The molecule has 0 radical (unpaired) electrons. The molecule has 0 bridgehead atoms. The fourth-order valence-corrected chi connectivity index (χ4v) is 3.27. The monoisotopic (exact) mass is 517 g/mol. The normalized spacial score (nSPS) is 11.1. The number of phenolic OH excluding ortho intramolecular Hbond substituents is 1. The summed E-state index contributed by atoms with van der Waals surface area (Å²) in [6, 6.07) is 15.0. The van der Waals surface area contributed by atoms with Gasteiger partial charge in [0.05, 0.1) is 6.61 Å². The molecule has 0 fully saturated rings. The summed E-state index contributed by atoms with van der Waals surface area (Å²) in [6.07, 6.45) is 2.16. The number of aliphatic hydroxyl groups is 1. The minimum atomic E-state index is -0.859. The van der Waals surface area contributed by atoms with Gasteiger partial charge in [0.25, 0.3) is 5.88 Å². The molecule has 0 unspecified atom stereocenters. The lowest BCUT2D eigenvalue weighted by molar-refractivity contribution is 0.192. The number of rotatable bonds is 8. The van der Waals surface area contributed by atoms with Gasteiger partial charge in [-0.2, -0.15) is 4.98 Å². The van der Waals surface area contributed by atoms with Crippen molar-refractivity contribution in [2.45, 2.75) is 26.2 Å². The van der Waals surface area contributed by atoms with Crippen molar-refractivity contribution in [3.05, 3.63) is 72.6 Å². The Labute approximate surface area is 219 Å². The summed E-state index contributed by atoms with van der Waals surface area (Å²) in [5, 5.41) is 22.1. The molecular weight excluding hydrogens is 490 g/mol. The molecule has 4 rings (SSSR count). The van der Waals surface area contributed by atoms with Crippen LogP contribution in [0.1, 0.15) is 26.3 Å². The van der Waals surface area contributed by atoms with Gasteiger partial charge in [0.15, 0.2) is 23.1 Å². The Morgan fingerprint density at radius 1 is 0.947 bits per heavy atom. The average Bonchev–Trinajstić information content (AvgIpc) is 2.90. The number of anilines is 1. The first-order valence-electron chi connectivity index (χ1n) is 11.7. The standard InChI is InChI=1S/C27H27N5O6/c1-27(2,3)17-9-11-18(12-10-17)37-26(35)32-22-21(38-20-8-5-4-7-19(20)34)25(36-16-15-33)31-24(30-22)23-28-13-6-14-29-23/h4-14,33-34H,15-16H2,1-3H3,(H,30,31,32,35). The predicted molar refractivity (Wildman–Crippen MR) is 139 cm³/mol. The number of aromatic hydroxyl groups is 1. The largest absolute Gasteiger partial charge is 0.504 e. The van der Waals surface area contributed by atoms with Gasteiger partial charge in [-0.15, -0.1) is 0 Å². The van der Waals surface area contributed by atoms with Gasteiger partial charge in [0, 0.05) is 12.4 Å². The summed E-state index contributed by atoms with van der Waals surface area (Å²) < 4.78 is 16.9. The van der Waals surface area contributed by atoms with Crippen LogP contribution in [0.25, 0.3) is 11.6 Å². The molecule has 0 aliphatic carbocycles. The lowest BCUT2D eigenvalue weighted by atomic mass is 9.87. The first-order chi connectivity index (χ1) is 18.2. The molecule has 196 valence electrons. The molecule has 1 amide bonds. The van der Waals surface area contributed by atoms with Crippen LogP contribution in [-0.4, -0.2) is 49.5 Å². The molecule has 0 spiro atoms. The highest BCUT2D eigenvalue weighted by molar-refractivity contribution is 5.88. The Morgan fingerprint density at radius 2 is 1.66 bits per heavy atom. The predicted octanol–water partition coefficient (Wildman–Crippen LogP) is 4.71. The number of nitrogens with one attached hydrogen (secondary N) is 1. The molecule has 2 aromatic carbocycles. The van der Waals surface area contributed by atoms with Gasteiger partial charge >= 0.3 is 6.09 Å². The maximum Gasteiger partial charge on any atom is 0.418 e. The van der Waals surface area contributed by atoms with E-state index in [1.165, 1.54) is 24.5 Å².